The van der Waals surface area contributed by atoms with Crippen LogP contribution in [-0.4, -0.2) is 35.7 Å². The smallest absolute Gasteiger partial charge is 0.231 e. The van der Waals surface area contributed by atoms with Gasteiger partial charge in [-0.15, -0.1) is 10.2 Å². The van der Waals surface area contributed by atoms with E-state index < -0.39 is 5.92 Å². The Balaban J connectivity index is 1.74. The van der Waals surface area contributed by atoms with Crippen LogP contribution in [0.4, 0.5) is 10.8 Å². The molecule has 1 aromatic heterocycles. The third kappa shape index (κ3) is 3.63. The molecule has 1 aliphatic heterocycles. The molecule has 2 heterocycles. The zero-order chi connectivity index (χ0) is 18.0. The van der Waals surface area contributed by atoms with Gasteiger partial charge in [-0.25, -0.2) is 0 Å². The first-order chi connectivity index (χ1) is 12.0. The van der Waals surface area contributed by atoms with E-state index in [0.717, 1.165) is 17.0 Å². The van der Waals surface area contributed by atoms with Crippen LogP contribution in [0.25, 0.3) is 0 Å². The maximum absolute atomic E-state index is 12.5. The minimum atomic E-state index is -0.424. The van der Waals surface area contributed by atoms with Gasteiger partial charge in [0.1, 0.15) is 10.8 Å². The number of anilines is 2. The molecule has 1 atom stereocenters. The third-order valence-corrected chi connectivity index (χ3v) is 5.10. The summed E-state index contributed by atoms with van der Waals surface area (Å²) in [5, 5.41) is 12.0. The number of amides is 2. The van der Waals surface area contributed by atoms with Crippen molar-refractivity contribution in [1.82, 2.24) is 10.2 Å². The topological polar surface area (TPSA) is 84.4 Å². The van der Waals surface area contributed by atoms with Gasteiger partial charge < -0.3 is 15.0 Å². The molecule has 7 nitrogen and oxygen atoms in total. The van der Waals surface area contributed by atoms with Gasteiger partial charge in [-0.1, -0.05) is 24.3 Å². The molecule has 132 valence electrons. The summed E-state index contributed by atoms with van der Waals surface area (Å²) in [7, 11) is 1.57. The van der Waals surface area contributed by atoms with Crippen LogP contribution >= 0.6 is 11.3 Å². The van der Waals surface area contributed by atoms with Crippen molar-refractivity contribution >= 4 is 34.0 Å². The number of carbonyl (C=O) groups is 2. The monoisotopic (exact) mass is 360 g/mol. The summed E-state index contributed by atoms with van der Waals surface area (Å²) in [6.45, 7) is 4.26. The van der Waals surface area contributed by atoms with Gasteiger partial charge in [-0.05, 0) is 31.0 Å². The molecule has 1 fully saturated rings. The van der Waals surface area contributed by atoms with Crippen LogP contribution in [-0.2, 0) is 16.0 Å². The van der Waals surface area contributed by atoms with Crippen LogP contribution in [0.3, 0.4) is 0 Å². The van der Waals surface area contributed by atoms with E-state index in [1.807, 2.05) is 32.0 Å². The standard InChI is InChI=1S/C17H20N4O3S/c1-4-14-19-20-17(25-14)18-16(23)11-8-15(22)21(9-11)12-7-10(2)5-6-13(12)24-3/h5-7,11H,4,8-9H2,1-3H3,(H,18,20,23). The van der Waals surface area contributed by atoms with Crippen molar-refractivity contribution in [1.29, 1.82) is 0 Å². The molecule has 1 N–H and O–H groups in total. The molecule has 8 heteroatoms. The molecule has 1 unspecified atom stereocenters. The van der Waals surface area contributed by atoms with Crippen molar-refractivity contribution in [2.75, 3.05) is 23.9 Å². The Bertz CT molecular complexity index is 805. The minimum absolute atomic E-state index is 0.0874. The highest BCUT2D eigenvalue weighted by Crippen LogP contribution is 2.34. The predicted molar refractivity (Wildman–Crippen MR) is 96.1 cm³/mol. The first kappa shape index (κ1) is 17.3. The van der Waals surface area contributed by atoms with Crippen molar-refractivity contribution in [2.24, 2.45) is 5.92 Å². The van der Waals surface area contributed by atoms with Crippen molar-refractivity contribution in [3.05, 3.63) is 28.8 Å². The fourth-order valence-corrected chi connectivity index (χ4v) is 3.46. The van der Waals surface area contributed by atoms with E-state index in [2.05, 4.69) is 15.5 Å². The second-order valence-electron chi connectivity index (χ2n) is 5.92. The molecule has 0 spiro atoms. The maximum Gasteiger partial charge on any atom is 0.231 e. The van der Waals surface area contributed by atoms with Gasteiger partial charge in [-0.2, -0.15) is 0 Å². The summed E-state index contributed by atoms with van der Waals surface area (Å²) in [6, 6.07) is 5.65. The summed E-state index contributed by atoms with van der Waals surface area (Å²) in [4.78, 5) is 26.5. The van der Waals surface area contributed by atoms with Gasteiger partial charge in [0.15, 0.2) is 0 Å². The van der Waals surface area contributed by atoms with Crippen LogP contribution in [0.5, 0.6) is 5.75 Å². The Kier molecular flexibility index (Phi) is 4.98. The Morgan fingerprint density at radius 2 is 2.24 bits per heavy atom. The number of carbonyl (C=O) groups excluding carboxylic acids is 2. The molecule has 1 aromatic carbocycles. The zero-order valence-corrected chi connectivity index (χ0v) is 15.2. The van der Waals surface area contributed by atoms with E-state index in [0.29, 0.717) is 23.1 Å². The summed E-state index contributed by atoms with van der Waals surface area (Å²) < 4.78 is 5.36. The molecule has 2 amide bonds. The van der Waals surface area contributed by atoms with Crippen LogP contribution in [0.15, 0.2) is 18.2 Å². The van der Waals surface area contributed by atoms with Crippen molar-refractivity contribution in [3.8, 4) is 5.75 Å². The van der Waals surface area contributed by atoms with E-state index >= 15 is 0 Å². The normalized spacial score (nSPS) is 17.0. The Labute approximate surface area is 150 Å². The number of benzene rings is 1. The average Bonchev–Trinajstić information content (AvgIpc) is 3.21. The lowest BCUT2D eigenvalue weighted by atomic mass is 10.1. The van der Waals surface area contributed by atoms with Gasteiger partial charge in [0.2, 0.25) is 16.9 Å². The molecule has 25 heavy (non-hydrogen) atoms. The fraction of sp³-hybridized carbons (Fsp3) is 0.412. The van der Waals surface area contributed by atoms with Crippen LogP contribution < -0.4 is 15.0 Å². The van der Waals surface area contributed by atoms with Gasteiger partial charge in [0.05, 0.1) is 18.7 Å². The zero-order valence-electron chi connectivity index (χ0n) is 14.4. The highest BCUT2D eigenvalue weighted by molar-refractivity contribution is 7.15. The molecule has 1 saturated heterocycles. The largest absolute Gasteiger partial charge is 0.495 e. The van der Waals surface area contributed by atoms with Gasteiger partial charge in [-0.3, -0.25) is 9.59 Å². The first-order valence-corrected chi connectivity index (χ1v) is 8.91. The summed E-state index contributed by atoms with van der Waals surface area (Å²) in [5.41, 5.74) is 1.73. The summed E-state index contributed by atoms with van der Waals surface area (Å²) in [6.07, 6.45) is 0.943. The Hall–Kier alpha value is -2.48. The van der Waals surface area contributed by atoms with E-state index in [9.17, 15) is 9.59 Å². The van der Waals surface area contributed by atoms with Crippen molar-refractivity contribution in [2.45, 2.75) is 26.7 Å². The van der Waals surface area contributed by atoms with Gasteiger partial charge in [0, 0.05) is 13.0 Å². The third-order valence-electron chi connectivity index (χ3n) is 4.12. The van der Waals surface area contributed by atoms with Crippen LogP contribution in [0.2, 0.25) is 0 Å². The van der Waals surface area contributed by atoms with Crippen molar-refractivity contribution in [3.63, 3.8) is 0 Å². The minimum Gasteiger partial charge on any atom is -0.495 e. The van der Waals surface area contributed by atoms with E-state index in [4.69, 9.17) is 4.74 Å². The lowest BCUT2D eigenvalue weighted by Crippen LogP contribution is -2.28. The number of aromatic nitrogens is 2. The SMILES string of the molecule is CCc1nnc(NC(=O)C2CC(=O)N(c3cc(C)ccc3OC)C2)s1. The number of methoxy groups -OCH3 is 1. The number of hydrogen-bond acceptors (Lipinski definition) is 6. The molecule has 2 aromatic rings. The summed E-state index contributed by atoms with van der Waals surface area (Å²) in [5.74, 6) is -0.0970. The Morgan fingerprint density at radius 3 is 2.92 bits per heavy atom. The highest BCUT2D eigenvalue weighted by Gasteiger charge is 2.36. The number of ether oxygens (including phenoxy) is 1. The number of aryl methyl sites for hydroxylation is 2. The summed E-state index contributed by atoms with van der Waals surface area (Å²) >= 11 is 1.35. The van der Waals surface area contributed by atoms with E-state index in [1.54, 1.807) is 12.0 Å². The second-order valence-corrected chi connectivity index (χ2v) is 6.99. The molecule has 1 aliphatic rings. The molecular formula is C17H20N4O3S. The Morgan fingerprint density at radius 1 is 1.44 bits per heavy atom. The predicted octanol–water partition coefficient (Wildman–Crippen LogP) is 2.41. The number of rotatable bonds is 5. The van der Waals surface area contributed by atoms with E-state index in [-0.39, 0.29) is 18.2 Å². The molecular weight excluding hydrogens is 340 g/mol. The highest BCUT2D eigenvalue weighted by atomic mass is 32.1. The molecule has 0 aliphatic carbocycles. The maximum atomic E-state index is 12.5. The van der Waals surface area contributed by atoms with Gasteiger partial charge in [0.25, 0.3) is 0 Å². The van der Waals surface area contributed by atoms with Crippen molar-refractivity contribution < 1.29 is 14.3 Å². The lowest BCUT2D eigenvalue weighted by molar-refractivity contribution is -0.122. The molecule has 0 radical (unpaired) electrons. The number of nitrogens with zero attached hydrogens (tertiary/aromatic N) is 3. The van der Waals surface area contributed by atoms with Crippen LogP contribution in [0, 0.1) is 12.8 Å². The average molecular weight is 360 g/mol. The van der Waals surface area contributed by atoms with Crippen LogP contribution in [0.1, 0.15) is 23.9 Å². The molecule has 3 rings (SSSR count). The van der Waals surface area contributed by atoms with Gasteiger partial charge >= 0.3 is 0 Å². The molecule has 0 bridgehead atoms. The second kappa shape index (κ2) is 7.18. The number of hydrogen-bond donors (Lipinski definition) is 1. The number of nitrogens with one attached hydrogen (secondary N) is 1. The molecule has 0 saturated carbocycles. The lowest BCUT2D eigenvalue weighted by Gasteiger charge is -2.20. The van der Waals surface area contributed by atoms with E-state index in [1.165, 1.54) is 11.3 Å². The first-order valence-electron chi connectivity index (χ1n) is 8.10. The fourth-order valence-electron chi connectivity index (χ4n) is 2.78. The quantitative estimate of drug-likeness (QED) is 0.885.